The average Bonchev–Trinajstić information content (AvgIpc) is 2.47. The minimum absolute atomic E-state index is 0.245. The molecule has 0 spiro atoms. The van der Waals surface area contributed by atoms with Crippen molar-refractivity contribution in [3.8, 4) is 0 Å². The van der Waals surface area contributed by atoms with E-state index in [2.05, 4.69) is 5.32 Å². The quantitative estimate of drug-likeness (QED) is 0.927. The van der Waals surface area contributed by atoms with Crippen LogP contribution in [-0.4, -0.2) is 25.7 Å². The number of benzene rings is 1. The van der Waals surface area contributed by atoms with Gasteiger partial charge in [-0.1, -0.05) is 0 Å². The van der Waals surface area contributed by atoms with Gasteiger partial charge in [0.1, 0.15) is 0 Å². The Labute approximate surface area is 121 Å². The van der Waals surface area contributed by atoms with Crippen molar-refractivity contribution in [3.05, 3.63) is 35.4 Å². The van der Waals surface area contributed by atoms with E-state index in [4.69, 9.17) is 4.74 Å². The first-order valence-corrected chi connectivity index (χ1v) is 7.00. The van der Waals surface area contributed by atoms with E-state index in [0.717, 1.165) is 44.6 Å². The van der Waals surface area contributed by atoms with Gasteiger partial charge in [0.15, 0.2) is 0 Å². The van der Waals surface area contributed by atoms with Crippen molar-refractivity contribution in [3.63, 3.8) is 0 Å². The number of hydrogen-bond acceptors (Lipinski definition) is 2. The van der Waals surface area contributed by atoms with Crippen molar-refractivity contribution in [2.24, 2.45) is 5.92 Å². The molecule has 1 saturated heterocycles. The minimum Gasteiger partial charge on any atom is -0.381 e. The summed E-state index contributed by atoms with van der Waals surface area (Å²) in [6.07, 6.45) is -1.51. The number of nitrogens with one attached hydrogen (secondary N) is 1. The highest BCUT2D eigenvalue weighted by molar-refractivity contribution is 5.94. The summed E-state index contributed by atoms with van der Waals surface area (Å²) in [5.41, 5.74) is -0.503. The third-order valence-corrected chi connectivity index (χ3v) is 3.65. The summed E-state index contributed by atoms with van der Waals surface area (Å²) in [5.74, 6) is 0.211. The van der Waals surface area contributed by atoms with Crippen molar-refractivity contribution in [1.82, 2.24) is 5.32 Å². The maximum atomic E-state index is 12.4. The van der Waals surface area contributed by atoms with Crippen molar-refractivity contribution in [2.45, 2.75) is 25.4 Å². The van der Waals surface area contributed by atoms with Gasteiger partial charge in [0.25, 0.3) is 5.91 Å². The third-order valence-electron chi connectivity index (χ3n) is 3.65. The number of hydrogen-bond donors (Lipinski definition) is 1. The summed E-state index contributed by atoms with van der Waals surface area (Å²) < 4.78 is 42.5. The van der Waals surface area contributed by atoms with Crippen LogP contribution in [-0.2, 0) is 10.9 Å². The molecule has 0 bridgehead atoms. The lowest BCUT2D eigenvalue weighted by Crippen LogP contribution is -2.27. The molecule has 116 valence electrons. The summed E-state index contributed by atoms with van der Waals surface area (Å²) in [6, 6.07) is 4.25. The highest BCUT2D eigenvalue weighted by atomic mass is 19.4. The van der Waals surface area contributed by atoms with E-state index in [1.165, 1.54) is 12.1 Å². The van der Waals surface area contributed by atoms with Crippen molar-refractivity contribution in [1.29, 1.82) is 0 Å². The lowest BCUT2D eigenvalue weighted by molar-refractivity contribution is -0.137. The average molecular weight is 301 g/mol. The molecule has 1 aliphatic rings. The van der Waals surface area contributed by atoms with Crippen LogP contribution in [0.5, 0.6) is 0 Å². The van der Waals surface area contributed by atoms with E-state index in [-0.39, 0.29) is 11.5 Å². The lowest BCUT2D eigenvalue weighted by atomic mass is 9.96. The Morgan fingerprint density at radius 3 is 2.38 bits per heavy atom. The van der Waals surface area contributed by atoms with Crippen LogP contribution in [0.1, 0.15) is 35.2 Å². The molecular weight excluding hydrogens is 283 g/mol. The Morgan fingerprint density at radius 1 is 1.19 bits per heavy atom. The summed E-state index contributed by atoms with van der Waals surface area (Å²) in [6.45, 7) is 2.06. The molecule has 6 heteroatoms. The summed E-state index contributed by atoms with van der Waals surface area (Å²) >= 11 is 0. The van der Waals surface area contributed by atoms with Crippen molar-refractivity contribution in [2.75, 3.05) is 19.8 Å². The molecule has 1 heterocycles. The summed E-state index contributed by atoms with van der Waals surface area (Å²) in [5, 5.41) is 2.74. The van der Waals surface area contributed by atoms with Crippen LogP contribution in [0, 0.1) is 5.92 Å². The second-order valence-electron chi connectivity index (χ2n) is 5.18. The fourth-order valence-corrected chi connectivity index (χ4v) is 2.34. The van der Waals surface area contributed by atoms with E-state index in [0.29, 0.717) is 12.5 Å². The van der Waals surface area contributed by atoms with Crippen LogP contribution in [0.2, 0.25) is 0 Å². The fraction of sp³-hybridized carbons (Fsp3) is 0.533. The van der Waals surface area contributed by atoms with Gasteiger partial charge in [-0.15, -0.1) is 0 Å². The standard InChI is InChI=1S/C15H18F3NO2/c16-15(17,18)13-3-1-12(2-4-13)14(20)19-8-5-11-6-9-21-10-7-11/h1-4,11H,5-10H2,(H,19,20). The number of amides is 1. The molecule has 3 nitrogen and oxygen atoms in total. The van der Waals surface area contributed by atoms with Gasteiger partial charge in [0.05, 0.1) is 5.56 Å². The number of carbonyl (C=O) groups excluding carboxylic acids is 1. The molecule has 0 atom stereocenters. The largest absolute Gasteiger partial charge is 0.416 e. The molecule has 1 aromatic rings. The normalized spacial score (nSPS) is 16.7. The molecule has 1 N–H and O–H groups in total. The highest BCUT2D eigenvalue weighted by Crippen LogP contribution is 2.29. The van der Waals surface area contributed by atoms with Gasteiger partial charge < -0.3 is 10.1 Å². The molecule has 21 heavy (non-hydrogen) atoms. The first-order valence-electron chi connectivity index (χ1n) is 7.00. The zero-order valence-corrected chi connectivity index (χ0v) is 11.6. The Morgan fingerprint density at radius 2 is 1.81 bits per heavy atom. The second kappa shape index (κ2) is 6.93. The van der Waals surface area contributed by atoms with E-state index < -0.39 is 11.7 Å². The Hall–Kier alpha value is -1.56. The Kier molecular flexibility index (Phi) is 5.22. The minimum atomic E-state index is -4.38. The maximum Gasteiger partial charge on any atom is 0.416 e. The van der Waals surface area contributed by atoms with Crippen LogP contribution in [0.25, 0.3) is 0 Å². The van der Waals surface area contributed by atoms with Gasteiger partial charge in [-0.05, 0) is 49.4 Å². The van der Waals surface area contributed by atoms with Gasteiger partial charge in [0, 0.05) is 25.3 Å². The van der Waals surface area contributed by atoms with Gasteiger partial charge >= 0.3 is 6.18 Å². The van der Waals surface area contributed by atoms with Crippen LogP contribution in [0.15, 0.2) is 24.3 Å². The molecule has 1 fully saturated rings. The van der Waals surface area contributed by atoms with Crippen molar-refractivity contribution < 1.29 is 22.7 Å². The van der Waals surface area contributed by atoms with E-state index in [1.54, 1.807) is 0 Å². The summed E-state index contributed by atoms with van der Waals surface area (Å²) in [7, 11) is 0. The van der Waals surface area contributed by atoms with Crippen LogP contribution >= 0.6 is 0 Å². The molecule has 1 aliphatic heterocycles. The predicted molar refractivity (Wildman–Crippen MR) is 71.9 cm³/mol. The first kappa shape index (κ1) is 15.8. The topological polar surface area (TPSA) is 38.3 Å². The zero-order chi connectivity index (χ0) is 15.3. The van der Waals surface area contributed by atoms with Gasteiger partial charge in [-0.2, -0.15) is 13.2 Å². The number of carbonyl (C=O) groups is 1. The summed E-state index contributed by atoms with van der Waals surface area (Å²) in [4.78, 5) is 11.8. The van der Waals surface area contributed by atoms with E-state index in [9.17, 15) is 18.0 Å². The van der Waals surface area contributed by atoms with Crippen molar-refractivity contribution >= 4 is 5.91 Å². The molecule has 0 radical (unpaired) electrons. The van der Waals surface area contributed by atoms with Gasteiger partial charge in [-0.25, -0.2) is 0 Å². The molecule has 0 aromatic heterocycles. The Balaban J connectivity index is 1.80. The molecule has 0 unspecified atom stereocenters. The number of rotatable bonds is 4. The maximum absolute atomic E-state index is 12.4. The smallest absolute Gasteiger partial charge is 0.381 e. The first-order chi connectivity index (χ1) is 9.97. The number of ether oxygens (including phenoxy) is 1. The van der Waals surface area contributed by atoms with Gasteiger partial charge in [-0.3, -0.25) is 4.79 Å². The van der Waals surface area contributed by atoms with Gasteiger partial charge in [0.2, 0.25) is 0 Å². The number of halogens is 3. The van der Waals surface area contributed by atoms with Crippen LogP contribution < -0.4 is 5.32 Å². The molecule has 1 amide bonds. The molecule has 1 aromatic carbocycles. The monoisotopic (exact) mass is 301 g/mol. The molecule has 0 saturated carbocycles. The Bertz CT molecular complexity index is 465. The SMILES string of the molecule is O=C(NCCC1CCOCC1)c1ccc(C(F)(F)F)cc1. The molecular formula is C15H18F3NO2. The predicted octanol–water partition coefficient (Wildman–Crippen LogP) is 3.25. The number of alkyl halides is 3. The molecule has 0 aliphatic carbocycles. The van der Waals surface area contributed by atoms with Crippen LogP contribution in [0.4, 0.5) is 13.2 Å². The highest BCUT2D eigenvalue weighted by Gasteiger charge is 2.30. The fourth-order valence-electron chi connectivity index (χ4n) is 2.34. The zero-order valence-electron chi connectivity index (χ0n) is 11.6. The van der Waals surface area contributed by atoms with E-state index >= 15 is 0 Å². The molecule has 2 rings (SSSR count). The van der Waals surface area contributed by atoms with Crippen LogP contribution in [0.3, 0.4) is 0 Å². The second-order valence-corrected chi connectivity index (χ2v) is 5.18. The van der Waals surface area contributed by atoms with E-state index in [1.807, 2.05) is 0 Å². The third kappa shape index (κ3) is 4.74. The lowest BCUT2D eigenvalue weighted by Gasteiger charge is -2.21.